The molecular formula is C20H17ClF3N5O. The van der Waals surface area contributed by atoms with Crippen molar-refractivity contribution in [3.05, 3.63) is 69.9 Å². The second-order valence-electron chi connectivity index (χ2n) is 7.27. The first-order valence-electron chi connectivity index (χ1n) is 9.16. The molecular weight excluding hydrogens is 419 g/mol. The van der Waals surface area contributed by atoms with Gasteiger partial charge < -0.3 is 4.57 Å². The standard InChI is InChI=1S/C20H17ClF3N5O/c1-11(6-18-27-25-10-28(18)2)12-7-16(21)26-17(8-12)29-9-14-13(19(29)30)4-3-5-15(14)20(22,23)24/h3-5,7-8,10-11H,6,9H2,1-2H3/t11-/m0/s1. The van der Waals surface area contributed by atoms with Gasteiger partial charge in [0.05, 0.1) is 12.1 Å². The molecule has 1 aliphatic rings. The number of alkyl halides is 3. The van der Waals surface area contributed by atoms with Gasteiger partial charge in [0, 0.05) is 19.0 Å². The second kappa shape index (κ2) is 7.39. The first-order chi connectivity index (χ1) is 14.1. The van der Waals surface area contributed by atoms with Crippen LogP contribution in [0.3, 0.4) is 0 Å². The smallest absolute Gasteiger partial charge is 0.321 e. The lowest BCUT2D eigenvalue weighted by Gasteiger charge is -2.18. The van der Waals surface area contributed by atoms with Crippen LogP contribution in [0.5, 0.6) is 0 Å². The number of halogens is 4. The van der Waals surface area contributed by atoms with Crippen LogP contribution in [0.4, 0.5) is 19.0 Å². The molecule has 0 fully saturated rings. The van der Waals surface area contributed by atoms with Crippen molar-refractivity contribution in [2.24, 2.45) is 7.05 Å². The van der Waals surface area contributed by atoms with Crippen LogP contribution < -0.4 is 4.90 Å². The molecule has 4 rings (SSSR count). The van der Waals surface area contributed by atoms with Crippen LogP contribution >= 0.6 is 11.6 Å². The third-order valence-corrected chi connectivity index (χ3v) is 5.41. The van der Waals surface area contributed by atoms with Crippen LogP contribution in [0.1, 0.15) is 45.7 Å². The van der Waals surface area contributed by atoms with Crippen molar-refractivity contribution in [2.75, 3.05) is 4.90 Å². The summed E-state index contributed by atoms with van der Waals surface area (Å²) in [5.41, 5.74) is -0.0349. The van der Waals surface area contributed by atoms with Gasteiger partial charge in [-0.25, -0.2) is 4.98 Å². The molecule has 0 aliphatic carbocycles. The number of amides is 1. The summed E-state index contributed by atoms with van der Waals surface area (Å²) in [6, 6.07) is 6.98. The summed E-state index contributed by atoms with van der Waals surface area (Å²) < 4.78 is 41.9. The molecule has 1 amide bonds. The number of benzene rings is 1. The number of hydrogen-bond donors (Lipinski definition) is 0. The molecule has 0 saturated heterocycles. The molecule has 0 radical (unpaired) electrons. The molecule has 1 aliphatic heterocycles. The van der Waals surface area contributed by atoms with Gasteiger partial charge in [0.1, 0.15) is 23.1 Å². The number of nitrogens with zero attached hydrogens (tertiary/aromatic N) is 5. The number of carbonyl (C=O) groups is 1. The molecule has 0 spiro atoms. The van der Waals surface area contributed by atoms with Gasteiger partial charge in [-0.1, -0.05) is 24.6 Å². The second-order valence-corrected chi connectivity index (χ2v) is 7.65. The molecule has 6 nitrogen and oxygen atoms in total. The Morgan fingerprint density at radius 2 is 2.03 bits per heavy atom. The van der Waals surface area contributed by atoms with Gasteiger partial charge >= 0.3 is 6.18 Å². The average molecular weight is 436 g/mol. The monoisotopic (exact) mass is 435 g/mol. The van der Waals surface area contributed by atoms with E-state index in [-0.39, 0.29) is 34.6 Å². The molecule has 1 atom stereocenters. The van der Waals surface area contributed by atoms with E-state index in [1.165, 1.54) is 17.0 Å². The third kappa shape index (κ3) is 3.65. The van der Waals surface area contributed by atoms with E-state index in [1.54, 1.807) is 23.0 Å². The number of anilines is 1. The Morgan fingerprint density at radius 1 is 1.27 bits per heavy atom. The van der Waals surface area contributed by atoms with Crippen LogP contribution in [-0.4, -0.2) is 25.7 Å². The highest BCUT2D eigenvalue weighted by Crippen LogP contribution is 2.38. The Hall–Kier alpha value is -2.94. The molecule has 0 N–H and O–H groups in total. The Kier molecular flexibility index (Phi) is 5.01. The zero-order valence-electron chi connectivity index (χ0n) is 16.1. The van der Waals surface area contributed by atoms with Crippen molar-refractivity contribution in [3.8, 4) is 0 Å². The maximum Gasteiger partial charge on any atom is 0.416 e. The van der Waals surface area contributed by atoms with E-state index in [0.717, 1.165) is 17.5 Å². The first-order valence-corrected chi connectivity index (χ1v) is 9.54. The number of fused-ring (bicyclic) bond motifs is 1. The SMILES string of the molecule is C[C@@H](Cc1nncn1C)c1cc(Cl)nc(N2Cc3c(cccc3C(F)(F)F)C2=O)c1. The molecule has 10 heteroatoms. The zero-order chi connectivity index (χ0) is 21.6. The minimum Gasteiger partial charge on any atom is -0.321 e. The maximum atomic E-state index is 13.4. The number of rotatable bonds is 4. The van der Waals surface area contributed by atoms with Crippen molar-refractivity contribution < 1.29 is 18.0 Å². The van der Waals surface area contributed by atoms with Crippen LogP contribution in [0, 0.1) is 0 Å². The highest BCUT2D eigenvalue weighted by atomic mass is 35.5. The lowest BCUT2D eigenvalue weighted by molar-refractivity contribution is -0.138. The van der Waals surface area contributed by atoms with E-state index in [4.69, 9.17) is 11.6 Å². The van der Waals surface area contributed by atoms with Gasteiger partial charge in [0.25, 0.3) is 5.91 Å². The molecule has 2 aromatic heterocycles. The summed E-state index contributed by atoms with van der Waals surface area (Å²) in [5.74, 6) is 0.434. The van der Waals surface area contributed by atoms with Crippen LogP contribution in [0.15, 0.2) is 36.7 Å². The predicted octanol–water partition coefficient (Wildman–Crippen LogP) is 4.39. The molecule has 0 bridgehead atoms. The summed E-state index contributed by atoms with van der Waals surface area (Å²) in [5, 5.41) is 8.09. The molecule has 3 aromatic rings. The van der Waals surface area contributed by atoms with Gasteiger partial charge in [-0.15, -0.1) is 10.2 Å². The number of carbonyl (C=O) groups excluding carboxylic acids is 1. The Morgan fingerprint density at radius 3 is 2.70 bits per heavy atom. The summed E-state index contributed by atoms with van der Waals surface area (Å²) in [6.45, 7) is 1.75. The summed E-state index contributed by atoms with van der Waals surface area (Å²) in [6.07, 6.45) is -2.37. The van der Waals surface area contributed by atoms with Crippen molar-refractivity contribution in [2.45, 2.75) is 32.0 Å². The van der Waals surface area contributed by atoms with E-state index >= 15 is 0 Å². The van der Waals surface area contributed by atoms with Gasteiger partial charge in [-0.05, 0) is 41.3 Å². The third-order valence-electron chi connectivity index (χ3n) is 5.22. The molecule has 156 valence electrons. The molecule has 0 unspecified atom stereocenters. The van der Waals surface area contributed by atoms with Crippen molar-refractivity contribution in [1.29, 1.82) is 0 Å². The fraction of sp³-hybridized carbons (Fsp3) is 0.300. The minimum atomic E-state index is -4.54. The van der Waals surface area contributed by atoms with E-state index in [9.17, 15) is 18.0 Å². The van der Waals surface area contributed by atoms with Crippen LogP contribution in [-0.2, 0) is 26.2 Å². The first kappa shape index (κ1) is 20.3. The van der Waals surface area contributed by atoms with Gasteiger partial charge in [-0.2, -0.15) is 13.2 Å². The maximum absolute atomic E-state index is 13.4. The highest BCUT2D eigenvalue weighted by Gasteiger charge is 2.40. The van der Waals surface area contributed by atoms with Gasteiger partial charge in [0.15, 0.2) is 0 Å². The number of hydrogen-bond acceptors (Lipinski definition) is 4. The highest BCUT2D eigenvalue weighted by molar-refractivity contribution is 6.29. The fourth-order valence-corrected chi connectivity index (χ4v) is 3.80. The van der Waals surface area contributed by atoms with Crippen molar-refractivity contribution in [1.82, 2.24) is 19.7 Å². The lowest BCUT2D eigenvalue weighted by Crippen LogP contribution is -2.24. The molecule has 3 heterocycles. The largest absolute Gasteiger partial charge is 0.416 e. The topological polar surface area (TPSA) is 63.9 Å². The Balaban J connectivity index is 1.67. The predicted molar refractivity (Wildman–Crippen MR) is 104 cm³/mol. The van der Waals surface area contributed by atoms with Crippen LogP contribution in [0.25, 0.3) is 0 Å². The van der Waals surface area contributed by atoms with Crippen LogP contribution in [0.2, 0.25) is 5.15 Å². The van der Waals surface area contributed by atoms with E-state index in [2.05, 4.69) is 15.2 Å². The summed E-state index contributed by atoms with van der Waals surface area (Å²) in [4.78, 5) is 18.2. The van der Waals surface area contributed by atoms with E-state index in [1.807, 2.05) is 14.0 Å². The fourth-order valence-electron chi connectivity index (χ4n) is 3.59. The quantitative estimate of drug-likeness (QED) is 0.570. The summed E-state index contributed by atoms with van der Waals surface area (Å²) >= 11 is 6.19. The van der Waals surface area contributed by atoms with E-state index in [0.29, 0.717) is 6.42 Å². The van der Waals surface area contributed by atoms with Gasteiger partial charge in [0.2, 0.25) is 0 Å². The number of aromatic nitrogens is 4. The average Bonchev–Trinajstić information content (AvgIpc) is 3.23. The molecule has 0 saturated carbocycles. The van der Waals surface area contributed by atoms with E-state index < -0.39 is 17.6 Å². The lowest BCUT2D eigenvalue weighted by atomic mass is 9.98. The van der Waals surface area contributed by atoms with Crippen molar-refractivity contribution >= 4 is 23.3 Å². The van der Waals surface area contributed by atoms with Crippen molar-refractivity contribution in [3.63, 3.8) is 0 Å². The zero-order valence-corrected chi connectivity index (χ0v) is 16.9. The number of pyridine rings is 1. The molecule has 1 aromatic carbocycles. The normalized spacial score (nSPS) is 14.9. The molecule has 30 heavy (non-hydrogen) atoms. The Bertz CT molecular complexity index is 1130. The minimum absolute atomic E-state index is 0.0280. The Labute approximate surface area is 175 Å². The summed E-state index contributed by atoms with van der Waals surface area (Å²) in [7, 11) is 1.84. The number of aryl methyl sites for hydroxylation is 1. The van der Waals surface area contributed by atoms with Gasteiger partial charge in [-0.3, -0.25) is 9.69 Å².